The number of carbonyl (C=O) groups excluding carboxylic acids is 2. The molecule has 6 heteroatoms. The predicted octanol–water partition coefficient (Wildman–Crippen LogP) is 2.51. The lowest BCUT2D eigenvalue weighted by molar-refractivity contribution is -0.156. The molecular weight excluding hydrogens is 310 g/mol. The Morgan fingerprint density at radius 3 is 2.67 bits per heavy atom. The van der Waals surface area contributed by atoms with Gasteiger partial charge in [0.05, 0.1) is 13.2 Å². The Bertz CT molecular complexity index is 431. The van der Waals surface area contributed by atoms with Gasteiger partial charge in [0.15, 0.2) is 6.61 Å². The average molecular weight is 339 g/mol. The van der Waals surface area contributed by atoms with Crippen LogP contribution < -0.4 is 5.32 Å². The van der Waals surface area contributed by atoms with Crippen molar-refractivity contribution in [1.82, 2.24) is 5.32 Å². The number of rotatable bonds is 14. The molecule has 136 valence electrons. The number of allylic oxidation sites excluding steroid dienone is 3. The van der Waals surface area contributed by atoms with E-state index in [4.69, 9.17) is 14.2 Å². The molecule has 0 saturated heterocycles. The number of esters is 1. The molecule has 1 unspecified atom stereocenters. The minimum atomic E-state index is -0.552. The van der Waals surface area contributed by atoms with E-state index >= 15 is 0 Å². The number of nitrogens with one attached hydrogen (secondary N) is 1. The van der Waals surface area contributed by atoms with Gasteiger partial charge in [0.2, 0.25) is 5.91 Å². The van der Waals surface area contributed by atoms with E-state index in [-0.39, 0.29) is 25.7 Å². The molecular formula is C18H29NO5. The number of unbranched alkanes of at least 4 members (excludes halogenated alkanes) is 1. The fourth-order valence-electron chi connectivity index (χ4n) is 1.63. The van der Waals surface area contributed by atoms with Crippen LogP contribution in [-0.2, 0) is 23.8 Å². The predicted molar refractivity (Wildman–Crippen MR) is 93.3 cm³/mol. The molecule has 0 aliphatic carbocycles. The SMILES string of the molecule is C=C/C=C\C(=C)OCC(=O)OC(CNC(=O)CCCC)COCC. The molecule has 0 aliphatic heterocycles. The summed E-state index contributed by atoms with van der Waals surface area (Å²) in [6, 6.07) is 0. The van der Waals surface area contributed by atoms with E-state index in [2.05, 4.69) is 18.5 Å². The minimum absolute atomic E-state index is 0.0615. The maximum atomic E-state index is 11.8. The highest BCUT2D eigenvalue weighted by Gasteiger charge is 2.16. The number of hydrogen-bond acceptors (Lipinski definition) is 5. The zero-order valence-corrected chi connectivity index (χ0v) is 14.7. The van der Waals surface area contributed by atoms with Crippen molar-refractivity contribution in [2.45, 2.75) is 39.2 Å². The van der Waals surface area contributed by atoms with Crippen molar-refractivity contribution in [2.24, 2.45) is 0 Å². The number of amides is 1. The third-order valence-corrected chi connectivity index (χ3v) is 2.88. The van der Waals surface area contributed by atoms with Gasteiger partial charge in [-0.05, 0) is 19.4 Å². The number of hydrogen-bond donors (Lipinski definition) is 1. The summed E-state index contributed by atoms with van der Waals surface area (Å²) in [4.78, 5) is 23.4. The fourth-order valence-corrected chi connectivity index (χ4v) is 1.63. The molecule has 0 fully saturated rings. The Morgan fingerprint density at radius 2 is 2.04 bits per heavy atom. The minimum Gasteiger partial charge on any atom is -0.483 e. The van der Waals surface area contributed by atoms with E-state index in [1.807, 2.05) is 13.8 Å². The zero-order valence-electron chi connectivity index (χ0n) is 14.7. The molecule has 0 bridgehead atoms. The molecule has 6 nitrogen and oxygen atoms in total. The summed E-state index contributed by atoms with van der Waals surface area (Å²) in [7, 11) is 0. The van der Waals surface area contributed by atoms with Crippen molar-refractivity contribution in [2.75, 3.05) is 26.4 Å². The van der Waals surface area contributed by atoms with E-state index in [1.165, 1.54) is 0 Å². The smallest absolute Gasteiger partial charge is 0.344 e. The lowest BCUT2D eigenvalue weighted by atomic mass is 10.2. The van der Waals surface area contributed by atoms with E-state index in [9.17, 15) is 9.59 Å². The normalized spacial score (nSPS) is 11.8. The maximum Gasteiger partial charge on any atom is 0.344 e. The van der Waals surface area contributed by atoms with Crippen molar-refractivity contribution in [3.8, 4) is 0 Å². The van der Waals surface area contributed by atoms with Gasteiger partial charge in [-0.2, -0.15) is 0 Å². The van der Waals surface area contributed by atoms with Crippen LogP contribution in [0.4, 0.5) is 0 Å². The van der Waals surface area contributed by atoms with Crippen molar-refractivity contribution in [1.29, 1.82) is 0 Å². The lowest BCUT2D eigenvalue weighted by Gasteiger charge is -2.18. The van der Waals surface area contributed by atoms with E-state index in [0.29, 0.717) is 18.8 Å². The first-order valence-electron chi connectivity index (χ1n) is 8.18. The number of ether oxygens (including phenoxy) is 3. The van der Waals surface area contributed by atoms with Crippen LogP contribution in [0.1, 0.15) is 33.1 Å². The molecule has 24 heavy (non-hydrogen) atoms. The highest BCUT2D eigenvalue weighted by atomic mass is 16.6. The quantitative estimate of drug-likeness (QED) is 0.299. The highest BCUT2D eigenvalue weighted by Crippen LogP contribution is 2.00. The van der Waals surface area contributed by atoms with Gasteiger partial charge in [-0.25, -0.2) is 4.79 Å². The summed E-state index contributed by atoms with van der Waals surface area (Å²) in [6.07, 6.45) is 6.51. The third-order valence-electron chi connectivity index (χ3n) is 2.88. The van der Waals surface area contributed by atoms with Crippen LogP contribution in [-0.4, -0.2) is 44.3 Å². The summed E-state index contributed by atoms with van der Waals surface area (Å²) >= 11 is 0. The third kappa shape index (κ3) is 12.5. The van der Waals surface area contributed by atoms with Gasteiger partial charge in [-0.1, -0.05) is 38.7 Å². The second kappa shape index (κ2) is 14.5. The van der Waals surface area contributed by atoms with Crippen LogP contribution in [0.15, 0.2) is 37.1 Å². The van der Waals surface area contributed by atoms with Crippen LogP contribution >= 0.6 is 0 Å². The van der Waals surface area contributed by atoms with Crippen molar-refractivity contribution < 1.29 is 23.8 Å². The molecule has 0 aromatic carbocycles. The summed E-state index contributed by atoms with van der Waals surface area (Å²) < 4.78 is 15.7. The average Bonchev–Trinajstić information content (AvgIpc) is 2.58. The largest absolute Gasteiger partial charge is 0.483 e. The maximum absolute atomic E-state index is 11.8. The van der Waals surface area contributed by atoms with Gasteiger partial charge in [-0.15, -0.1) is 0 Å². The van der Waals surface area contributed by atoms with E-state index < -0.39 is 12.1 Å². The Hall–Kier alpha value is -2.08. The summed E-state index contributed by atoms with van der Waals surface area (Å²) in [5.41, 5.74) is 0. The topological polar surface area (TPSA) is 73.9 Å². The Labute approximate surface area is 144 Å². The Kier molecular flexibility index (Phi) is 13.3. The van der Waals surface area contributed by atoms with Gasteiger partial charge in [-0.3, -0.25) is 4.79 Å². The van der Waals surface area contributed by atoms with Crippen molar-refractivity contribution in [3.05, 3.63) is 37.1 Å². The van der Waals surface area contributed by atoms with Crippen LogP contribution in [0.25, 0.3) is 0 Å². The zero-order chi connectivity index (χ0) is 18.2. The van der Waals surface area contributed by atoms with Crippen molar-refractivity contribution >= 4 is 11.9 Å². The van der Waals surface area contributed by atoms with Gasteiger partial charge in [0, 0.05) is 13.0 Å². The van der Waals surface area contributed by atoms with Crippen LogP contribution in [0.2, 0.25) is 0 Å². The Balaban J connectivity index is 4.26. The molecule has 0 spiro atoms. The summed E-state index contributed by atoms with van der Waals surface area (Å²) in [6.45, 7) is 11.7. The highest BCUT2D eigenvalue weighted by molar-refractivity contribution is 5.76. The molecule has 0 radical (unpaired) electrons. The van der Waals surface area contributed by atoms with E-state index in [0.717, 1.165) is 12.8 Å². The van der Waals surface area contributed by atoms with Crippen LogP contribution in [0, 0.1) is 0 Å². The molecule has 0 saturated carbocycles. The second-order valence-electron chi connectivity index (χ2n) is 5.03. The molecule has 1 amide bonds. The molecule has 0 heterocycles. The number of carbonyl (C=O) groups is 2. The standard InChI is InChI=1S/C18H29NO5/c1-5-8-10-15(4)23-14-18(21)24-16(13-22-7-3)12-19-17(20)11-9-6-2/h5,8,10,16H,1,4,6-7,9,11-14H2,2-3H3,(H,19,20)/b10-8-. The first-order chi connectivity index (χ1) is 11.5. The second-order valence-corrected chi connectivity index (χ2v) is 5.03. The molecule has 0 aromatic rings. The fraction of sp³-hybridized carbons (Fsp3) is 0.556. The summed E-state index contributed by atoms with van der Waals surface area (Å²) in [5, 5.41) is 2.75. The monoisotopic (exact) mass is 339 g/mol. The summed E-state index contributed by atoms with van der Waals surface area (Å²) in [5.74, 6) is -0.273. The molecule has 0 rings (SSSR count). The molecule has 1 N–H and O–H groups in total. The van der Waals surface area contributed by atoms with Crippen LogP contribution in [0.3, 0.4) is 0 Å². The van der Waals surface area contributed by atoms with Crippen molar-refractivity contribution in [3.63, 3.8) is 0 Å². The Morgan fingerprint density at radius 1 is 1.29 bits per heavy atom. The molecule has 0 aromatic heterocycles. The molecule has 1 atom stereocenters. The van der Waals surface area contributed by atoms with Gasteiger partial charge < -0.3 is 19.5 Å². The van der Waals surface area contributed by atoms with Gasteiger partial charge >= 0.3 is 5.97 Å². The van der Waals surface area contributed by atoms with Crippen LogP contribution in [0.5, 0.6) is 0 Å². The lowest BCUT2D eigenvalue weighted by Crippen LogP contribution is -2.38. The first-order valence-corrected chi connectivity index (χ1v) is 8.18. The van der Waals surface area contributed by atoms with Gasteiger partial charge in [0.1, 0.15) is 11.9 Å². The van der Waals surface area contributed by atoms with E-state index in [1.54, 1.807) is 18.2 Å². The molecule has 0 aliphatic rings. The van der Waals surface area contributed by atoms with Gasteiger partial charge in [0.25, 0.3) is 0 Å². The first kappa shape index (κ1) is 21.9.